The second kappa shape index (κ2) is 6.86. The predicted octanol–water partition coefficient (Wildman–Crippen LogP) is 5.22. The first kappa shape index (κ1) is 15.0. The molecule has 0 aliphatic rings. The van der Waals surface area contributed by atoms with Crippen LogP contribution in [0.15, 0.2) is 40.9 Å². The molecule has 0 saturated heterocycles. The number of rotatable bonds is 5. The first-order valence-electron chi connectivity index (χ1n) is 6.34. The van der Waals surface area contributed by atoms with Crippen LogP contribution in [-0.2, 0) is 0 Å². The average molecular weight is 356 g/mol. The van der Waals surface area contributed by atoms with Crippen LogP contribution in [0.4, 0.5) is 17.1 Å². The van der Waals surface area contributed by atoms with Crippen LogP contribution in [0.25, 0.3) is 0 Å². The minimum Gasteiger partial charge on any atom is -0.493 e. The summed E-state index contributed by atoms with van der Waals surface area (Å²) in [7, 11) is 0. The Balaban J connectivity index is 2.24. The van der Waals surface area contributed by atoms with Crippen molar-refractivity contribution in [2.75, 3.05) is 17.7 Å². The lowest BCUT2D eigenvalue weighted by Crippen LogP contribution is -1.98. The second-order valence-electron chi connectivity index (χ2n) is 4.39. The Hall–Kier alpha value is -1.39. The van der Waals surface area contributed by atoms with E-state index in [1.807, 2.05) is 36.4 Å². The van der Waals surface area contributed by atoms with Crippen LogP contribution < -0.4 is 15.8 Å². The molecule has 0 aromatic heterocycles. The van der Waals surface area contributed by atoms with Crippen LogP contribution in [0.5, 0.6) is 5.75 Å². The minimum absolute atomic E-state index is 0.652. The molecule has 5 heteroatoms. The van der Waals surface area contributed by atoms with E-state index in [4.69, 9.17) is 22.1 Å². The van der Waals surface area contributed by atoms with E-state index in [-0.39, 0.29) is 0 Å². The van der Waals surface area contributed by atoms with Crippen molar-refractivity contribution in [2.45, 2.75) is 13.3 Å². The predicted molar refractivity (Wildman–Crippen MR) is 89.1 cm³/mol. The Kier molecular flexibility index (Phi) is 5.15. The van der Waals surface area contributed by atoms with Crippen LogP contribution >= 0.6 is 27.5 Å². The van der Waals surface area contributed by atoms with E-state index in [0.717, 1.165) is 28.0 Å². The number of benzene rings is 2. The van der Waals surface area contributed by atoms with Gasteiger partial charge in [0.1, 0.15) is 5.75 Å². The molecule has 20 heavy (non-hydrogen) atoms. The molecule has 106 valence electrons. The zero-order valence-electron chi connectivity index (χ0n) is 11.1. The Bertz CT molecular complexity index is 604. The molecular weight excluding hydrogens is 340 g/mol. The number of nitrogen functional groups attached to an aromatic ring is 1. The molecule has 0 fully saturated rings. The molecule has 0 heterocycles. The van der Waals surface area contributed by atoms with E-state index >= 15 is 0 Å². The standard InChI is InChI=1S/C15H16BrClN2O/c1-2-5-20-13-8-11(18)7-12(9-13)19-15-6-10(17)3-4-14(15)16/h3-4,6-9,19H,2,5,18H2,1H3. The molecule has 3 nitrogen and oxygen atoms in total. The fraction of sp³-hybridized carbons (Fsp3) is 0.200. The SMILES string of the molecule is CCCOc1cc(N)cc(Nc2cc(Cl)ccc2Br)c1. The summed E-state index contributed by atoms with van der Waals surface area (Å²) in [5.74, 6) is 0.757. The minimum atomic E-state index is 0.652. The molecule has 3 N–H and O–H groups in total. The van der Waals surface area contributed by atoms with Crippen LogP contribution in [0.3, 0.4) is 0 Å². The van der Waals surface area contributed by atoms with Gasteiger partial charge in [0.2, 0.25) is 0 Å². The van der Waals surface area contributed by atoms with Crippen molar-refractivity contribution in [3.05, 3.63) is 45.9 Å². The lowest BCUT2D eigenvalue weighted by molar-refractivity contribution is 0.318. The van der Waals surface area contributed by atoms with E-state index in [2.05, 4.69) is 28.2 Å². The normalized spacial score (nSPS) is 10.3. The average Bonchev–Trinajstić information content (AvgIpc) is 2.40. The maximum Gasteiger partial charge on any atom is 0.123 e. The Morgan fingerprint density at radius 1 is 1.25 bits per heavy atom. The second-order valence-corrected chi connectivity index (χ2v) is 5.68. The Morgan fingerprint density at radius 2 is 2.05 bits per heavy atom. The lowest BCUT2D eigenvalue weighted by atomic mass is 10.2. The third-order valence-electron chi connectivity index (χ3n) is 2.61. The molecule has 2 aromatic carbocycles. The number of hydrogen-bond donors (Lipinski definition) is 2. The zero-order valence-corrected chi connectivity index (χ0v) is 13.5. The molecule has 0 atom stereocenters. The molecule has 0 aliphatic heterocycles. The molecule has 0 aliphatic carbocycles. The van der Waals surface area contributed by atoms with Crippen molar-refractivity contribution in [1.82, 2.24) is 0 Å². The third-order valence-corrected chi connectivity index (χ3v) is 3.54. The van der Waals surface area contributed by atoms with Gasteiger partial charge in [-0.05, 0) is 46.6 Å². The third kappa shape index (κ3) is 4.05. The number of halogens is 2. The Morgan fingerprint density at radius 3 is 2.80 bits per heavy atom. The highest BCUT2D eigenvalue weighted by Gasteiger charge is 2.04. The monoisotopic (exact) mass is 354 g/mol. The summed E-state index contributed by atoms with van der Waals surface area (Å²) in [6, 6.07) is 11.2. The number of hydrogen-bond acceptors (Lipinski definition) is 3. The zero-order chi connectivity index (χ0) is 14.5. The van der Waals surface area contributed by atoms with Crippen molar-refractivity contribution < 1.29 is 4.74 Å². The molecule has 0 unspecified atom stereocenters. The van der Waals surface area contributed by atoms with Gasteiger partial charge < -0.3 is 15.8 Å². The summed E-state index contributed by atoms with van der Waals surface area (Å²) < 4.78 is 6.54. The highest BCUT2D eigenvalue weighted by atomic mass is 79.9. The van der Waals surface area contributed by atoms with Crippen molar-refractivity contribution >= 4 is 44.6 Å². The van der Waals surface area contributed by atoms with E-state index in [9.17, 15) is 0 Å². The fourth-order valence-corrected chi connectivity index (χ4v) is 2.26. The number of nitrogens with one attached hydrogen (secondary N) is 1. The van der Waals surface area contributed by atoms with Gasteiger partial charge in [-0.15, -0.1) is 0 Å². The molecule has 0 radical (unpaired) electrons. The lowest BCUT2D eigenvalue weighted by Gasteiger charge is -2.12. The summed E-state index contributed by atoms with van der Waals surface area (Å²) in [5, 5.41) is 3.95. The highest BCUT2D eigenvalue weighted by Crippen LogP contribution is 2.31. The molecule has 0 amide bonds. The van der Waals surface area contributed by atoms with Gasteiger partial charge in [-0.3, -0.25) is 0 Å². The summed E-state index contributed by atoms with van der Waals surface area (Å²) >= 11 is 9.49. The molecule has 2 aromatic rings. The smallest absolute Gasteiger partial charge is 0.123 e. The van der Waals surface area contributed by atoms with E-state index in [1.165, 1.54) is 0 Å². The number of ether oxygens (including phenoxy) is 1. The van der Waals surface area contributed by atoms with Gasteiger partial charge in [-0.1, -0.05) is 18.5 Å². The van der Waals surface area contributed by atoms with Gasteiger partial charge in [0, 0.05) is 33.0 Å². The van der Waals surface area contributed by atoms with Gasteiger partial charge in [0.15, 0.2) is 0 Å². The molecule has 0 bridgehead atoms. The van der Waals surface area contributed by atoms with Crippen LogP contribution in [0, 0.1) is 0 Å². The molecule has 0 saturated carbocycles. The van der Waals surface area contributed by atoms with Crippen LogP contribution in [0.1, 0.15) is 13.3 Å². The largest absolute Gasteiger partial charge is 0.493 e. The molecule has 2 rings (SSSR count). The van der Waals surface area contributed by atoms with Crippen molar-refractivity contribution in [3.8, 4) is 5.75 Å². The van der Waals surface area contributed by atoms with E-state index < -0.39 is 0 Å². The molecule has 0 spiro atoms. The number of nitrogens with two attached hydrogens (primary N) is 1. The maximum absolute atomic E-state index is 6.00. The first-order chi connectivity index (χ1) is 9.58. The van der Waals surface area contributed by atoms with Gasteiger partial charge in [0.05, 0.1) is 12.3 Å². The summed E-state index contributed by atoms with van der Waals surface area (Å²) in [6.45, 7) is 2.73. The van der Waals surface area contributed by atoms with Gasteiger partial charge in [-0.2, -0.15) is 0 Å². The Labute approximate surface area is 132 Å². The van der Waals surface area contributed by atoms with Crippen LogP contribution in [0.2, 0.25) is 5.02 Å². The van der Waals surface area contributed by atoms with Crippen molar-refractivity contribution in [2.24, 2.45) is 0 Å². The first-order valence-corrected chi connectivity index (χ1v) is 7.51. The summed E-state index contributed by atoms with van der Waals surface area (Å²) in [5.41, 5.74) is 8.29. The maximum atomic E-state index is 6.00. The van der Waals surface area contributed by atoms with Gasteiger partial charge in [-0.25, -0.2) is 0 Å². The summed E-state index contributed by atoms with van der Waals surface area (Å²) in [4.78, 5) is 0. The van der Waals surface area contributed by atoms with E-state index in [0.29, 0.717) is 17.3 Å². The summed E-state index contributed by atoms with van der Waals surface area (Å²) in [6.07, 6.45) is 0.956. The quantitative estimate of drug-likeness (QED) is 0.723. The highest BCUT2D eigenvalue weighted by molar-refractivity contribution is 9.10. The van der Waals surface area contributed by atoms with Gasteiger partial charge >= 0.3 is 0 Å². The topological polar surface area (TPSA) is 47.3 Å². The van der Waals surface area contributed by atoms with Gasteiger partial charge in [0.25, 0.3) is 0 Å². The van der Waals surface area contributed by atoms with Crippen LogP contribution in [-0.4, -0.2) is 6.61 Å². The van der Waals surface area contributed by atoms with Crippen molar-refractivity contribution in [3.63, 3.8) is 0 Å². The fourth-order valence-electron chi connectivity index (χ4n) is 1.75. The van der Waals surface area contributed by atoms with Crippen molar-refractivity contribution in [1.29, 1.82) is 0 Å². The van der Waals surface area contributed by atoms with E-state index in [1.54, 1.807) is 0 Å². The number of anilines is 3. The molecular formula is C15H16BrClN2O.